The Morgan fingerprint density at radius 1 is 1.43 bits per heavy atom. The van der Waals surface area contributed by atoms with E-state index >= 15 is 0 Å². The Hall–Kier alpha value is -1.71. The summed E-state index contributed by atoms with van der Waals surface area (Å²) in [6.45, 7) is 4.20. The maximum absolute atomic E-state index is 5.71. The van der Waals surface area contributed by atoms with Gasteiger partial charge in [0.1, 0.15) is 0 Å². The first-order valence-electron chi connectivity index (χ1n) is 4.67. The normalized spacial score (nSPS) is 11.1. The zero-order valence-corrected chi connectivity index (χ0v) is 8.33. The molecule has 4 nitrogen and oxygen atoms in total. The molecular formula is C10H14N4. The molecule has 1 aromatic heterocycles. The van der Waals surface area contributed by atoms with E-state index < -0.39 is 0 Å². The van der Waals surface area contributed by atoms with Gasteiger partial charge in [-0.05, 0) is 32.0 Å². The van der Waals surface area contributed by atoms with E-state index in [9.17, 15) is 0 Å². The molecule has 0 radical (unpaired) electrons. The van der Waals surface area contributed by atoms with E-state index in [4.69, 9.17) is 5.73 Å². The first-order chi connectivity index (χ1) is 6.66. The van der Waals surface area contributed by atoms with Crippen molar-refractivity contribution in [3.05, 3.63) is 18.2 Å². The number of rotatable bonds is 2. The molecule has 0 saturated heterocycles. The minimum absolute atomic E-state index is 0.417. The Morgan fingerprint density at radius 3 is 2.93 bits per heavy atom. The summed E-state index contributed by atoms with van der Waals surface area (Å²) >= 11 is 0. The lowest BCUT2D eigenvalue weighted by Crippen LogP contribution is -2.09. The second-order valence-corrected chi connectivity index (χ2v) is 3.67. The van der Waals surface area contributed by atoms with Crippen LogP contribution in [0, 0.1) is 0 Å². The molecule has 0 aliphatic heterocycles. The van der Waals surface area contributed by atoms with Gasteiger partial charge in [0.15, 0.2) is 5.82 Å². The van der Waals surface area contributed by atoms with Crippen molar-refractivity contribution < 1.29 is 0 Å². The van der Waals surface area contributed by atoms with E-state index in [1.54, 1.807) is 0 Å². The van der Waals surface area contributed by atoms with Gasteiger partial charge < -0.3 is 11.1 Å². The third kappa shape index (κ3) is 1.51. The monoisotopic (exact) mass is 190 g/mol. The van der Waals surface area contributed by atoms with Gasteiger partial charge in [-0.1, -0.05) is 0 Å². The number of hydrogen-bond donors (Lipinski definition) is 3. The van der Waals surface area contributed by atoms with E-state index in [2.05, 4.69) is 29.4 Å². The van der Waals surface area contributed by atoms with E-state index in [0.29, 0.717) is 11.9 Å². The van der Waals surface area contributed by atoms with Gasteiger partial charge in [-0.3, -0.25) is 5.10 Å². The van der Waals surface area contributed by atoms with Crippen LogP contribution >= 0.6 is 0 Å². The van der Waals surface area contributed by atoms with Gasteiger partial charge >= 0.3 is 0 Å². The summed E-state index contributed by atoms with van der Waals surface area (Å²) in [7, 11) is 0. The fraction of sp³-hybridized carbons (Fsp3) is 0.300. The van der Waals surface area contributed by atoms with Crippen molar-refractivity contribution in [3.8, 4) is 0 Å². The molecule has 2 aromatic rings. The summed E-state index contributed by atoms with van der Waals surface area (Å²) in [5.74, 6) is 0.549. The number of aromatic nitrogens is 2. The Labute approximate surface area is 82.5 Å². The van der Waals surface area contributed by atoms with Crippen molar-refractivity contribution >= 4 is 22.4 Å². The van der Waals surface area contributed by atoms with Gasteiger partial charge in [0, 0.05) is 17.1 Å². The molecule has 0 fully saturated rings. The van der Waals surface area contributed by atoms with E-state index in [1.807, 2.05) is 18.2 Å². The molecule has 0 aliphatic rings. The third-order valence-electron chi connectivity index (χ3n) is 2.05. The highest BCUT2D eigenvalue weighted by Gasteiger charge is 2.03. The predicted octanol–water partition coefficient (Wildman–Crippen LogP) is 1.97. The van der Waals surface area contributed by atoms with Crippen LogP contribution in [0.1, 0.15) is 13.8 Å². The van der Waals surface area contributed by atoms with Crippen LogP contribution in [0.4, 0.5) is 11.5 Å². The Kier molecular flexibility index (Phi) is 2.04. The lowest BCUT2D eigenvalue weighted by molar-refractivity contribution is 0.900. The van der Waals surface area contributed by atoms with E-state index in [0.717, 1.165) is 16.6 Å². The highest BCUT2D eigenvalue weighted by Crippen LogP contribution is 2.22. The summed E-state index contributed by atoms with van der Waals surface area (Å²) in [4.78, 5) is 0. The topological polar surface area (TPSA) is 66.7 Å². The van der Waals surface area contributed by atoms with Gasteiger partial charge in [0.25, 0.3) is 0 Å². The zero-order valence-electron chi connectivity index (χ0n) is 8.33. The first kappa shape index (κ1) is 8.87. The standard InChI is InChI=1S/C10H14N4/c1-6(2)12-7-3-4-9-8(5-7)10(11)14-13-9/h3-6,12H,1-2H3,(H3,11,13,14). The number of nitrogens with zero attached hydrogens (tertiary/aromatic N) is 1. The van der Waals surface area contributed by atoms with Gasteiger partial charge in [-0.25, -0.2) is 0 Å². The number of aromatic amines is 1. The average molecular weight is 190 g/mol. The Morgan fingerprint density at radius 2 is 2.21 bits per heavy atom. The van der Waals surface area contributed by atoms with Crippen molar-refractivity contribution in [1.29, 1.82) is 0 Å². The SMILES string of the molecule is CC(C)Nc1ccc2[nH]nc(N)c2c1. The van der Waals surface area contributed by atoms with Crippen molar-refractivity contribution in [3.63, 3.8) is 0 Å². The number of nitrogens with one attached hydrogen (secondary N) is 2. The molecule has 0 saturated carbocycles. The molecule has 0 amide bonds. The van der Waals surface area contributed by atoms with Crippen LogP contribution in [0.15, 0.2) is 18.2 Å². The minimum Gasteiger partial charge on any atom is -0.383 e. The van der Waals surface area contributed by atoms with Crippen molar-refractivity contribution in [2.75, 3.05) is 11.1 Å². The molecule has 4 N–H and O–H groups in total. The van der Waals surface area contributed by atoms with Crippen molar-refractivity contribution in [2.24, 2.45) is 0 Å². The third-order valence-corrected chi connectivity index (χ3v) is 2.05. The molecule has 0 aliphatic carbocycles. The van der Waals surface area contributed by atoms with E-state index in [-0.39, 0.29) is 0 Å². The van der Waals surface area contributed by atoms with Gasteiger partial charge in [-0.2, -0.15) is 5.10 Å². The number of anilines is 2. The molecule has 1 heterocycles. The highest BCUT2D eigenvalue weighted by atomic mass is 15.1. The number of benzene rings is 1. The molecule has 1 aromatic carbocycles. The van der Waals surface area contributed by atoms with Crippen LogP contribution in [0.3, 0.4) is 0 Å². The number of nitrogen functional groups attached to an aromatic ring is 1. The Bertz CT molecular complexity index is 444. The minimum atomic E-state index is 0.417. The maximum Gasteiger partial charge on any atom is 0.153 e. The summed E-state index contributed by atoms with van der Waals surface area (Å²) < 4.78 is 0. The molecule has 0 unspecified atom stereocenters. The van der Waals surface area contributed by atoms with Crippen LogP contribution in [0.5, 0.6) is 0 Å². The number of hydrogen-bond acceptors (Lipinski definition) is 3. The predicted molar refractivity (Wildman–Crippen MR) is 59.3 cm³/mol. The van der Waals surface area contributed by atoms with Crippen LogP contribution < -0.4 is 11.1 Å². The fourth-order valence-corrected chi connectivity index (χ4v) is 1.46. The molecule has 0 spiro atoms. The smallest absolute Gasteiger partial charge is 0.153 e. The molecule has 0 atom stereocenters. The molecule has 4 heteroatoms. The Balaban J connectivity index is 2.44. The van der Waals surface area contributed by atoms with Gasteiger partial charge in [-0.15, -0.1) is 0 Å². The van der Waals surface area contributed by atoms with Crippen LogP contribution in [0.2, 0.25) is 0 Å². The summed E-state index contributed by atoms with van der Waals surface area (Å²) in [5, 5.41) is 11.1. The molecular weight excluding hydrogens is 176 g/mol. The average Bonchev–Trinajstić information content (AvgIpc) is 2.47. The van der Waals surface area contributed by atoms with Crippen molar-refractivity contribution in [1.82, 2.24) is 10.2 Å². The molecule has 14 heavy (non-hydrogen) atoms. The van der Waals surface area contributed by atoms with Crippen LogP contribution in [-0.4, -0.2) is 16.2 Å². The van der Waals surface area contributed by atoms with Gasteiger partial charge in [0.05, 0.1) is 5.52 Å². The van der Waals surface area contributed by atoms with Crippen molar-refractivity contribution in [2.45, 2.75) is 19.9 Å². The summed E-state index contributed by atoms with van der Waals surface area (Å²) in [6.07, 6.45) is 0. The summed E-state index contributed by atoms with van der Waals surface area (Å²) in [6, 6.07) is 6.41. The van der Waals surface area contributed by atoms with Crippen LogP contribution in [0.25, 0.3) is 10.9 Å². The molecule has 74 valence electrons. The number of H-pyrrole nitrogens is 1. The maximum atomic E-state index is 5.71. The molecule has 2 rings (SSSR count). The second kappa shape index (κ2) is 3.21. The molecule has 0 bridgehead atoms. The zero-order chi connectivity index (χ0) is 10.1. The van der Waals surface area contributed by atoms with Gasteiger partial charge in [0.2, 0.25) is 0 Å². The largest absolute Gasteiger partial charge is 0.383 e. The fourth-order valence-electron chi connectivity index (χ4n) is 1.46. The highest BCUT2D eigenvalue weighted by molar-refractivity contribution is 5.91. The van der Waals surface area contributed by atoms with Crippen LogP contribution in [-0.2, 0) is 0 Å². The summed E-state index contributed by atoms with van der Waals surface area (Å²) in [5.41, 5.74) is 7.75. The first-order valence-corrected chi connectivity index (χ1v) is 4.67. The quantitative estimate of drug-likeness (QED) is 0.678. The second-order valence-electron chi connectivity index (χ2n) is 3.67. The number of nitrogens with two attached hydrogens (primary N) is 1. The number of fused-ring (bicyclic) bond motifs is 1. The van der Waals surface area contributed by atoms with E-state index in [1.165, 1.54) is 0 Å². The lowest BCUT2D eigenvalue weighted by Gasteiger charge is -2.09. The lowest BCUT2D eigenvalue weighted by atomic mass is 10.2.